The molecule has 0 heterocycles. The average Bonchev–Trinajstić information content (AvgIpc) is 2.33. The lowest BCUT2D eigenvalue weighted by atomic mass is 9.96. The van der Waals surface area contributed by atoms with Crippen LogP contribution < -0.4 is 0 Å². The highest BCUT2D eigenvalue weighted by Gasteiger charge is 2.10. The van der Waals surface area contributed by atoms with E-state index in [1.807, 2.05) is 13.0 Å². The predicted octanol–water partition coefficient (Wildman–Crippen LogP) is 4.49. The van der Waals surface area contributed by atoms with Gasteiger partial charge in [0.1, 0.15) is 0 Å². The van der Waals surface area contributed by atoms with Crippen molar-refractivity contribution >= 4 is 5.97 Å². The second kappa shape index (κ2) is 11.7. The molecule has 1 atom stereocenters. The van der Waals surface area contributed by atoms with Crippen molar-refractivity contribution in [3.05, 3.63) is 12.2 Å². The Morgan fingerprint density at radius 3 is 2.41 bits per heavy atom. The van der Waals surface area contributed by atoms with Crippen LogP contribution in [0.1, 0.15) is 65.2 Å². The molecular formula is C15H28O2. The molecule has 17 heavy (non-hydrogen) atoms. The molecule has 0 aromatic rings. The molecule has 0 aromatic heterocycles. The third-order valence-electron chi connectivity index (χ3n) is 3.05. The number of methoxy groups -OCH3 is 1. The van der Waals surface area contributed by atoms with Crippen molar-refractivity contribution in [3.8, 4) is 0 Å². The van der Waals surface area contributed by atoms with Gasteiger partial charge in [0, 0.05) is 0 Å². The zero-order valence-corrected chi connectivity index (χ0v) is 11.7. The quantitative estimate of drug-likeness (QED) is 0.319. The van der Waals surface area contributed by atoms with Crippen LogP contribution in [-0.4, -0.2) is 13.1 Å². The van der Waals surface area contributed by atoms with Crippen molar-refractivity contribution in [2.24, 2.45) is 5.92 Å². The molecule has 0 amide bonds. The highest BCUT2D eigenvalue weighted by atomic mass is 16.5. The monoisotopic (exact) mass is 240 g/mol. The summed E-state index contributed by atoms with van der Waals surface area (Å²) in [5, 5.41) is 0. The number of allylic oxidation sites excluding steroid dienone is 2. The van der Waals surface area contributed by atoms with E-state index in [0.29, 0.717) is 12.3 Å². The van der Waals surface area contributed by atoms with Crippen LogP contribution in [-0.2, 0) is 9.53 Å². The number of carbonyl (C=O) groups is 1. The normalized spacial score (nSPS) is 12.9. The van der Waals surface area contributed by atoms with Gasteiger partial charge in [0.25, 0.3) is 0 Å². The molecule has 0 fully saturated rings. The molecule has 0 unspecified atom stereocenters. The van der Waals surface area contributed by atoms with E-state index in [1.54, 1.807) is 0 Å². The van der Waals surface area contributed by atoms with Gasteiger partial charge in [0.2, 0.25) is 0 Å². The first-order valence-electron chi connectivity index (χ1n) is 6.94. The third-order valence-corrected chi connectivity index (χ3v) is 3.05. The van der Waals surface area contributed by atoms with Gasteiger partial charge in [-0.3, -0.25) is 4.79 Å². The Morgan fingerprint density at radius 1 is 1.18 bits per heavy atom. The SMILES string of the molecule is C/C=C/[C@@H](CCCCCCCC)CC(=O)OC. The van der Waals surface area contributed by atoms with Crippen LogP contribution in [0.4, 0.5) is 0 Å². The number of carbonyl (C=O) groups excluding carboxylic acids is 1. The summed E-state index contributed by atoms with van der Waals surface area (Å²) in [5.74, 6) is 0.262. The van der Waals surface area contributed by atoms with Crippen LogP contribution in [0.15, 0.2) is 12.2 Å². The van der Waals surface area contributed by atoms with Crippen molar-refractivity contribution < 1.29 is 9.53 Å². The zero-order valence-electron chi connectivity index (χ0n) is 11.7. The molecule has 0 aliphatic heterocycles. The first kappa shape index (κ1) is 16.2. The predicted molar refractivity (Wildman–Crippen MR) is 72.9 cm³/mol. The van der Waals surface area contributed by atoms with E-state index in [0.717, 1.165) is 6.42 Å². The molecule has 0 rings (SSSR count). The number of hydrogen-bond donors (Lipinski definition) is 0. The van der Waals surface area contributed by atoms with E-state index in [9.17, 15) is 4.79 Å². The number of rotatable bonds is 10. The standard InChI is InChI=1S/C15H28O2/c1-4-6-7-8-9-10-12-14(11-5-2)13-15(16)17-3/h5,11,14H,4,6-10,12-13H2,1-3H3/b11-5+/t14-/m0/s1. The molecule has 0 N–H and O–H groups in total. The van der Waals surface area contributed by atoms with E-state index < -0.39 is 0 Å². The number of ether oxygens (including phenoxy) is 1. The number of unbranched alkanes of at least 4 members (excludes halogenated alkanes) is 5. The molecule has 0 saturated carbocycles. The lowest BCUT2D eigenvalue weighted by molar-refractivity contribution is -0.141. The second-order valence-electron chi connectivity index (χ2n) is 4.62. The Kier molecular flexibility index (Phi) is 11.1. The summed E-state index contributed by atoms with van der Waals surface area (Å²) in [4.78, 5) is 11.2. The van der Waals surface area contributed by atoms with Gasteiger partial charge < -0.3 is 4.74 Å². The summed E-state index contributed by atoms with van der Waals surface area (Å²) in [5.41, 5.74) is 0. The smallest absolute Gasteiger partial charge is 0.306 e. The van der Waals surface area contributed by atoms with Crippen molar-refractivity contribution in [2.45, 2.75) is 65.2 Å². The van der Waals surface area contributed by atoms with Crippen LogP contribution in [0.3, 0.4) is 0 Å². The van der Waals surface area contributed by atoms with Crippen LogP contribution in [0.2, 0.25) is 0 Å². The van der Waals surface area contributed by atoms with Crippen LogP contribution in [0, 0.1) is 5.92 Å². The fraction of sp³-hybridized carbons (Fsp3) is 0.800. The van der Waals surface area contributed by atoms with Gasteiger partial charge in [0.05, 0.1) is 13.5 Å². The maximum atomic E-state index is 11.2. The van der Waals surface area contributed by atoms with Crippen molar-refractivity contribution in [1.82, 2.24) is 0 Å². The van der Waals surface area contributed by atoms with E-state index in [4.69, 9.17) is 4.74 Å². The molecule has 2 nitrogen and oxygen atoms in total. The van der Waals surface area contributed by atoms with Gasteiger partial charge in [-0.05, 0) is 19.3 Å². The third kappa shape index (κ3) is 10.1. The maximum Gasteiger partial charge on any atom is 0.306 e. The zero-order chi connectivity index (χ0) is 12.9. The van der Waals surface area contributed by atoms with Gasteiger partial charge >= 0.3 is 5.97 Å². The summed E-state index contributed by atoms with van der Waals surface area (Å²) in [6, 6.07) is 0. The van der Waals surface area contributed by atoms with Gasteiger partial charge in [-0.15, -0.1) is 0 Å². The molecule has 0 aliphatic rings. The summed E-state index contributed by atoms with van der Waals surface area (Å²) < 4.78 is 4.71. The number of esters is 1. The Morgan fingerprint density at radius 2 is 1.82 bits per heavy atom. The molecule has 2 heteroatoms. The first-order valence-corrected chi connectivity index (χ1v) is 6.94. The highest BCUT2D eigenvalue weighted by Crippen LogP contribution is 2.17. The fourth-order valence-electron chi connectivity index (χ4n) is 2.02. The summed E-state index contributed by atoms with van der Waals surface area (Å²) >= 11 is 0. The molecule has 0 radical (unpaired) electrons. The van der Waals surface area contributed by atoms with Crippen LogP contribution >= 0.6 is 0 Å². The Bertz CT molecular complexity index is 209. The minimum Gasteiger partial charge on any atom is -0.469 e. The largest absolute Gasteiger partial charge is 0.469 e. The first-order chi connectivity index (χ1) is 8.24. The van der Waals surface area contributed by atoms with Gasteiger partial charge in [-0.1, -0.05) is 57.6 Å². The Balaban J connectivity index is 3.66. The van der Waals surface area contributed by atoms with Crippen molar-refractivity contribution in [2.75, 3.05) is 7.11 Å². The van der Waals surface area contributed by atoms with Crippen LogP contribution in [0.5, 0.6) is 0 Å². The maximum absolute atomic E-state index is 11.2. The van der Waals surface area contributed by atoms with Crippen molar-refractivity contribution in [3.63, 3.8) is 0 Å². The van der Waals surface area contributed by atoms with Gasteiger partial charge in [0.15, 0.2) is 0 Å². The molecule has 0 aromatic carbocycles. The van der Waals surface area contributed by atoms with E-state index in [2.05, 4.69) is 13.0 Å². The van der Waals surface area contributed by atoms with E-state index in [1.165, 1.54) is 45.6 Å². The minimum atomic E-state index is -0.0981. The fourth-order valence-corrected chi connectivity index (χ4v) is 2.02. The average molecular weight is 240 g/mol. The van der Waals surface area contributed by atoms with Crippen LogP contribution in [0.25, 0.3) is 0 Å². The summed E-state index contributed by atoms with van der Waals surface area (Å²) in [7, 11) is 1.46. The Labute approximate surface area is 106 Å². The van der Waals surface area contributed by atoms with Gasteiger partial charge in [-0.2, -0.15) is 0 Å². The molecule has 100 valence electrons. The summed E-state index contributed by atoms with van der Waals surface area (Å²) in [6.07, 6.45) is 13.6. The number of hydrogen-bond acceptors (Lipinski definition) is 2. The lowest BCUT2D eigenvalue weighted by Crippen LogP contribution is -2.08. The topological polar surface area (TPSA) is 26.3 Å². The molecule has 0 saturated heterocycles. The molecule has 0 bridgehead atoms. The van der Waals surface area contributed by atoms with E-state index >= 15 is 0 Å². The second-order valence-corrected chi connectivity index (χ2v) is 4.62. The molecule has 0 aliphatic carbocycles. The van der Waals surface area contributed by atoms with Crippen molar-refractivity contribution in [1.29, 1.82) is 0 Å². The molecule has 0 spiro atoms. The minimum absolute atomic E-state index is 0.0981. The van der Waals surface area contributed by atoms with Gasteiger partial charge in [-0.25, -0.2) is 0 Å². The highest BCUT2D eigenvalue weighted by molar-refractivity contribution is 5.69. The summed E-state index contributed by atoms with van der Waals surface area (Å²) in [6.45, 7) is 4.24. The Hall–Kier alpha value is -0.790. The molecular weight excluding hydrogens is 212 g/mol. The lowest BCUT2D eigenvalue weighted by Gasteiger charge is -2.11. The van der Waals surface area contributed by atoms with E-state index in [-0.39, 0.29) is 5.97 Å².